The molecule has 0 unspecified atom stereocenters. The number of carbonyl (C=O) groups is 1. The van der Waals surface area contributed by atoms with Gasteiger partial charge in [-0.3, -0.25) is 0 Å². The van der Waals surface area contributed by atoms with Gasteiger partial charge in [0, 0.05) is 6.54 Å². The van der Waals surface area contributed by atoms with E-state index in [-0.39, 0.29) is 6.54 Å². The van der Waals surface area contributed by atoms with E-state index in [0.29, 0.717) is 6.42 Å². The highest BCUT2D eigenvalue weighted by molar-refractivity contribution is 7.98. The number of thioether (sulfide) groups is 1. The zero-order valence-corrected chi connectivity index (χ0v) is 8.74. The average Bonchev–Trinajstić information content (AvgIpc) is 1.95. The molecule has 0 aromatic rings. The molecule has 0 spiro atoms. The van der Waals surface area contributed by atoms with Crippen LogP contribution in [0.15, 0.2) is 0 Å². The van der Waals surface area contributed by atoms with Crippen LogP contribution in [0, 0.1) is 0 Å². The summed E-state index contributed by atoms with van der Waals surface area (Å²) in [4.78, 5) is 9.97. The zero-order chi connectivity index (χ0) is 10.3. The van der Waals surface area contributed by atoms with E-state index in [1.54, 1.807) is 11.8 Å². The lowest BCUT2D eigenvalue weighted by molar-refractivity contribution is 0.201. The summed E-state index contributed by atoms with van der Waals surface area (Å²) in [6.07, 6.45) is 0.989. The van der Waals surface area contributed by atoms with Crippen LogP contribution in [0.25, 0.3) is 0 Å². The molecule has 0 saturated carbocycles. The molecule has 0 rings (SSSR count). The van der Waals surface area contributed by atoms with Crippen molar-refractivity contribution in [3.8, 4) is 0 Å². The first-order valence-electron chi connectivity index (χ1n) is 3.47. The summed E-state index contributed by atoms with van der Waals surface area (Å²) < 4.78 is 25.0. The number of hydrogen-bond donors (Lipinski definition) is 3. The van der Waals surface area contributed by atoms with Gasteiger partial charge in [-0.2, -0.15) is 24.9 Å². The van der Waals surface area contributed by atoms with Gasteiger partial charge in [0.2, 0.25) is 0 Å². The van der Waals surface area contributed by atoms with E-state index in [9.17, 15) is 13.2 Å². The van der Waals surface area contributed by atoms with Crippen molar-refractivity contribution in [2.45, 2.75) is 6.42 Å². The van der Waals surface area contributed by atoms with Crippen LogP contribution in [0.4, 0.5) is 4.79 Å². The largest absolute Gasteiger partial charge is 0.464 e. The third-order valence-electron chi connectivity index (χ3n) is 1.04. The van der Waals surface area contributed by atoms with Gasteiger partial charge in [-0.25, -0.2) is 9.52 Å². The zero-order valence-electron chi connectivity index (χ0n) is 7.11. The molecule has 0 aromatic heterocycles. The molecule has 0 fully saturated rings. The number of carboxylic acid groups (broad SMARTS) is 1. The molecule has 0 aliphatic carbocycles. The van der Waals surface area contributed by atoms with Crippen molar-refractivity contribution in [1.29, 1.82) is 0 Å². The first-order chi connectivity index (χ1) is 5.98. The van der Waals surface area contributed by atoms with Gasteiger partial charge in [0.1, 0.15) is 0 Å². The van der Waals surface area contributed by atoms with E-state index < -0.39 is 16.3 Å². The van der Waals surface area contributed by atoms with Crippen LogP contribution in [0.1, 0.15) is 6.42 Å². The minimum absolute atomic E-state index is 0.240. The second-order valence-corrected chi connectivity index (χ2v) is 4.64. The van der Waals surface area contributed by atoms with Crippen LogP contribution >= 0.6 is 11.8 Å². The van der Waals surface area contributed by atoms with E-state index in [2.05, 4.69) is 4.72 Å². The SMILES string of the molecule is CSCCCNS(=O)(=O)NC(=O)O. The van der Waals surface area contributed by atoms with E-state index >= 15 is 0 Å². The maximum atomic E-state index is 10.8. The Labute approximate surface area is 81.3 Å². The summed E-state index contributed by atoms with van der Waals surface area (Å²) in [6.45, 7) is 0.240. The van der Waals surface area contributed by atoms with Crippen LogP contribution in [0.5, 0.6) is 0 Å². The van der Waals surface area contributed by atoms with E-state index in [1.807, 2.05) is 6.26 Å². The van der Waals surface area contributed by atoms with Gasteiger partial charge in [0.25, 0.3) is 0 Å². The number of amides is 1. The summed E-state index contributed by atoms with van der Waals surface area (Å²) in [5, 5.41) is 8.12. The maximum absolute atomic E-state index is 10.8. The fourth-order valence-corrected chi connectivity index (χ4v) is 1.72. The number of nitrogens with one attached hydrogen (secondary N) is 2. The molecule has 0 aliphatic heterocycles. The third kappa shape index (κ3) is 7.88. The summed E-state index contributed by atoms with van der Waals surface area (Å²) in [6, 6.07) is 0. The topological polar surface area (TPSA) is 95.5 Å². The minimum Gasteiger partial charge on any atom is -0.464 e. The van der Waals surface area contributed by atoms with Crippen LogP contribution in [0.2, 0.25) is 0 Å². The van der Waals surface area contributed by atoms with Gasteiger partial charge in [-0.05, 0) is 18.4 Å². The highest BCUT2D eigenvalue weighted by atomic mass is 32.2. The molecule has 78 valence electrons. The Hall–Kier alpha value is -0.470. The third-order valence-corrected chi connectivity index (χ3v) is 2.76. The van der Waals surface area contributed by atoms with Gasteiger partial charge in [0.05, 0.1) is 0 Å². The Morgan fingerprint density at radius 2 is 2.15 bits per heavy atom. The van der Waals surface area contributed by atoms with Gasteiger partial charge >= 0.3 is 16.3 Å². The highest BCUT2D eigenvalue weighted by Gasteiger charge is 2.10. The predicted molar refractivity (Wildman–Crippen MR) is 51.1 cm³/mol. The van der Waals surface area contributed by atoms with Crippen LogP contribution in [-0.2, 0) is 10.2 Å². The second kappa shape index (κ2) is 6.06. The van der Waals surface area contributed by atoms with Gasteiger partial charge in [-0.15, -0.1) is 0 Å². The van der Waals surface area contributed by atoms with Crippen molar-refractivity contribution >= 4 is 28.1 Å². The van der Waals surface area contributed by atoms with Gasteiger partial charge in [0.15, 0.2) is 0 Å². The second-order valence-electron chi connectivity index (χ2n) is 2.15. The fraction of sp³-hybridized carbons (Fsp3) is 0.800. The quantitative estimate of drug-likeness (QED) is 0.549. The standard InChI is InChI=1S/C5H12N2O4S2/c1-12-4-2-3-6-13(10,11)7-5(8)9/h6-7H,2-4H2,1H3,(H,8,9). The predicted octanol–water partition coefficient (Wildman–Crippen LogP) is -0.159. The molecule has 0 aromatic carbocycles. The van der Waals surface area contributed by atoms with Crippen molar-refractivity contribution in [2.75, 3.05) is 18.6 Å². The molecular weight excluding hydrogens is 216 g/mol. The van der Waals surface area contributed by atoms with Gasteiger partial charge in [-0.1, -0.05) is 0 Å². The lowest BCUT2D eigenvalue weighted by Crippen LogP contribution is -2.39. The van der Waals surface area contributed by atoms with Crippen molar-refractivity contribution < 1.29 is 18.3 Å². The van der Waals surface area contributed by atoms with E-state index in [0.717, 1.165) is 5.75 Å². The molecule has 0 bridgehead atoms. The Morgan fingerprint density at radius 1 is 1.54 bits per heavy atom. The molecular formula is C5H12N2O4S2. The van der Waals surface area contributed by atoms with Crippen molar-refractivity contribution in [3.63, 3.8) is 0 Å². The lowest BCUT2D eigenvalue weighted by atomic mass is 10.5. The first kappa shape index (κ1) is 12.5. The normalized spacial score (nSPS) is 11.2. The molecule has 6 nitrogen and oxygen atoms in total. The van der Waals surface area contributed by atoms with Crippen LogP contribution in [-0.4, -0.2) is 38.2 Å². The first-order valence-corrected chi connectivity index (χ1v) is 6.35. The molecule has 0 radical (unpaired) electrons. The molecule has 0 aliphatic rings. The summed E-state index contributed by atoms with van der Waals surface area (Å²) in [5.74, 6) is 0.829. The van der Waals surface area contributed by atoms with E-state index in [1.165, 1.54) is 4.72 Å². The Morgan fingerprint density at radius 3 is 2.62 bits per heavy atom. The molecule has 3 N–H and O–H groups in total. The van der Waals surface area contributed by atoms with E-state index in [4.69, 9.17) is 5.11 Å². The summed E-state index contributed by atoms with van der Waals surface area (Å²) in [5.41, 5.74) is 0. The maximum Gasteiger partial charge on any atom is 0.419 e. The van der Waals surface area contributed by atoms with Gasteiger partial charge < -0.3 is 5.11 Å². The molecule has 0 saturated heterocycles. The monoisotopic (exact) mass is 228 g/mol. The fourth-order valence-electron chi connectivity index (χ4n) is 0.574. The molecule has 0 heterocycles. The van der Waals surface area contributed by atoms with Crippen LogP contribution in [0.3, 0.4) is 0 Å². The molecule has 0 atom stereocenters. The summed E-state index contributed by atoms with van der Waals surface area (Å²) >= 11 is 1.59. The van der Waals surface area contributed by atoms with Crippen LogP contribution < -0.4 is 9.44 Å². The van der Waals surface area contributed by atoms with Crippen molar-refractivity contribution in [1.82, 2.24) is 9.44 Å². The molecule has 13 heavy (non-hydrogen) atoms. The molecule has 8 heteroatoms. The number of rotatable bonds is 6. The summed E-state index contributed by atoms with van der Waals surface area (Å²) in [7, 11) is -3.87. The van der Waals surface area contributed by atoms with Crippen molar-refractivity contribution in [2.24, 2.45) is 0 Å². The molecule has 1 amide bonds. The Kier molecular flexibility index (Phi) is 5.84. The smallest absolute Gasteiger partial charge is 0.419 e. The average molecular weight is 228 g/mol. The lowest BCUT2D eigenvalue weighted by Gasteiger charge is -2.04. The Bertz CT molecular complexity index is 251. The Balaban J connectivity index is 3.71. The number of hydrogen-bond acceptors (Lipinski definition) is 4. The van der Waals surface area contributed by atoms with Crippen molar-refractivity contribution in [3.05, 3.63) is 0 Å². The minimum atomic E-state index is -3.87. The highest BCUT2D eigenvalue weighted by Crippen LogP contribution is 1.93.